The van der Waals surface area contributed by atoms with Gasteiger partial charge in [0.05, 0.1) is 12.2 Å². The van der Waals surface area contributed by atoms with Gasteiger partial charge in [0, 0.05) is 42.9 Å². The van der Waals surface area contributed by atoms with Crippen LogP contribution in [0.25, 0.3) is 21.9 Å². The summed E-state index contributed by atoms with van der Waals surface area (Å²) in [6.45, 7) is 2.06. The van der Waals surface area contributed by atoms with E-state index < -0.39 is 0 Å². The zero-order valence-corrected chi connectivity index (χ0v) is 21.5. The van der Waals surface area contributed by atoms with Crippen LogP contribution in [0.3, 0.4) is 0 Å². The lowest BCUT2D eigenvalue weighted by Gasteiger charge is -2.19. The number of hydrogen-bond donors (Lipinski definition) is 0. The highest BCUT2D eigenvalue weighted by Gasteiger charge is 2.22. The van der Waals surface area contributed by atoms with Crippen molar-refractivity contribution in [3.8, 4) is 11.1 Å². The Morgan fingerprint density at radius 3 is 2.19 bits per heavy atom. The molecule has 4 aromatic rings. The second-order valence-electron chi connectivity index (χ2n) is 9.05. The first-order valence-electron chi connectivity index (χ1n) is 12.0. The topological polar surface area (TPSA) is 59.4 Å². The van der Waals surface area contributed by atoms with Crippen molar-refractivity contribution in [2.24, 2.45) is 0 Å². The predicted molar refractivity (Wildman–Crippen MR) is 146 cm³/mol. The molecule has 1 heterocycles. The normalized spacial score (nSPS) is 11.0. The smallest absolute Gasteiger partial charge is 0.259 e. The fourth-order valence-electron chi connectivity index (χ4n) is 4.39. The number of Topliss-reactive ketones (excluding diaryl/α,β-unsaturated/α-hetero) is 1. The maximum absolute atomic E-state index is 13.7. The highest BCUT2D eigenvalue weighted by molar-refractivity contribution is 6.31. The van der Waals surface area contributed by atoms with Crippen LogP contribution in [0.5, 0.6) is 0 Å². The maximum atomic E-state index is 13.7. The zero-order chi connectivity index (χ0) is 25.8. The Balaban J connectivity index is 1.83. The molecule has 0 spiro atoms. The Labute approximate surface area is 215 Å². The van der Waals surface area contributed by atoms with Crippen molar-refractivity contribution in [2.45, 2.75) is 32.7 Å². The number of pyridine rings is 1. The molecule has 1 amide bonds. The van der Waals surface area contributed by atoms with E-state index in [0.29, 0.717) is 34.3 Å². The van der Waals surface area contributed by atoms with Crippen LogP contribution in [0.15, 0.2) is 77.6 Å². The van der Waals surface area contributed by atoms with Crippen LogP contribution in [0.4, 0.5) is 0 Å². The van der Waals surface area contributed by atoms with E-state index in [1.165, 1.54) is 0 Å². The number of carbonyl (C=O) groups excluding carboxylic acids is 2. The van der Waals surface area contributed by atoms with Crippen LogP contribution in [-0.2, 0) is 17.8 Å². The zero-order valence-electron chi connectivity index (χ0n) is 20.8. The van der Waals surface area contributed by atoms with E-state index in [1.807, 2.05) is 54.6 Å². The van der Waals surface area contributed by atoms with Crippen LogP contribution >= 0.6 is 11.6 Å². The van der Waals surface area contributed by atoms with E-state index in [1.54, 1.807) is 48.7 Å². The summed E-state index contributed by atoms with van der Waals surface area (Å²) in [5.74, 6) is -0.0234. The van der Waals surface area contributed by atoms with Crippen molar-refractivity contribution < 1.29 is 9.59 Å². The Hall–Kier alpha value is -3.70. The van der Waals surface area contributed by atoms with Crippen molar-refractivity contribution in [3.05, 3.63) is 105 Å². The molecular weight excluding hydrogens is 472 g/mol. The number of rotatable bonds is 8. The lowest BCUT2D eigenvalue weighted by molar-refractivity contribution is -0.128. The van der Waals surface area contributed by atoms with Gasteiger partial charge in [-0.05, 0) is 46.7 Å². The van der Waals surface area contributed by atoms with E-state index in [9.17, 15) is 14.4 Å². The predicted octanol–water partition coefficient (Wildman–Crippen LogP) is 5.98. The van der Waals surface area contributed by atoms with Gasteiger partial charge in [0.25, 0.3) is 5.56 Å². The molecule has 0 bridgehead atoms. The summed E-state index contributed by atoms with van der Waals surface area (Å²) in [6, 6.07) is 22.7. The Bertz CT molecular complexity index is 1470. The Morgan fingerprint density at radius 1 is 0.889 bits per heavy atom. The lowest BCUT2D eigenvalue weighted by atomic mass is 9.94. The summed E-state index contributed by atoms with van der Waals surface area (Å²) in [5.41, 5.74) is 3.69. The second-order valence-corrected chi connectivity index (χ2v) is 9.49. The number of halogens is 1. The first kappa shape index (κ1) is 25.4. The molecule has 0 aliphatic carbocycles. The highest BCUT2D eigenvalue weighted by atomic mass is 35.5. The summed E-state index contributed by atoms with van der Waals surface area (Å²) in [6.07, 6.45) is 1.35. The van der Waals surface area contributed by atoms with Crippen LogP contribution in [0.1, 0.15) is 41.4 Å². The standard InChI is InChI=1S/C30H29ClN2O3/c1-4-26(34)29-28(22-8-6-5-7-9-22)25-18-23(31)15-16-24(25)30(36)33(29)19-21-12-10-20(11-13-21)14-17-27(35)32(2)3/h5-13,15-16,18H,4,14,17,19H2,1-3H3. The fourth-order valence-corrected chi connectivity index (χ4v) is 4.57. The van der Waals surface area contributed by atoms with Crippen LogP contribution in [0, 0.1) is 0 Å². The molecule has 0 radical (unpaired) electrons. The SMILES string of the molecule is CCC(=O)c1c(-c2ccccc2)c2cc(Cl)ccc2c(=O)n1Cc1ccc(CCC(=O)N(C)C)cc1. The first-order chi connectivity index (χ1) is 17.3. The van der Waals surface area contributed by atoms with Gasteiger partial charge in [0.1, 0.15) is 0 Å². The van der Waals surface area contributed by atoms with Gasteiger partial charge in [-0.25, -0.2) is 0 Å². The van der Waals surface area contributed by atoms with Crippen LogP contribution in [0.2, 0.25) is 5.02 Å². The first-order valence-corrected chi connectivity index (χ1v) is 12.4. The molecule has 4 rings (SSSR count). The minimum absolute atomic E-state index is 0.0815. The lowest BCUT2D eigenvalue weighted by Crippen LogP contribution is -2.28. The molecule has 0 saturated carbocycles. The summed E-state index contributed by atoms with van der Waals surface area (Å²) in [7, 11) is 3.50. The maximum Gasteiger partial charge on any atom is 0.259 e. The van der Waals surface area contributed by atoms with Gasteiger partial charge in [-0.15, -0.1) is 0 Å². The van der Waals surface area contributed by atoms with E-state index >= 15 is 0 Å². The summed E-state index contributed by atoms with van der Waals surface area (Å²) in [4.78, 5) is 40.5. The molecule has 184 valence electrons. The Kier molecular flexibility index (Phi) is 7.70. The minimum Gasteiger partial charge on any atom is -0.349 e. The number of hydrogen-bond acceptors (Lipinski definition) is 3. The highest BCUT2D eigenvalue weighted by Crippen LogP contribution is 2.33. The Morgan fingerprint density at radius 2 is 1.56 bits per heavy atom. The van der Waals surface area contributed by atoms with Crippen LogP contribution in [-0.4, -0.2) is 35.3 Å². The third kappa shape index (κ3) is 5.26. The number of aryl methyl sites for hydroxylation is 1. The molecule has 3 aromatic carbocycles. The number of amides is 1. The third-order valence-corrected chi connectivity index (χ3v) is 6.61. The van der Waals surface area contributed by atoms with E-state index in [-0.39, 0.29) is 30.2 Å². The largest absolute Gasteiger partial charge is 0.349 e. The molecule has 0 aliphatic heterocycles. The molecule has 1 aromatic heterocycles. The summed E-state index contributed by atoms with van der Waals surface area (Å²) >= 11 is 6.33. The molecule has 5 nitrogen and oxygen atoms in total. The minimum atomic E-state index is -0.223. The average Bonchev–Trinajstić information content (AvgIpc) is 2.89. The molecule has 0 aliphatic rings. The molecule has 36 heavy (non-hydrogen) atoms. The molecule has 0 N–H and O–H groups in total. The molecular formula is C30H29ClN2O3. The van der Waals surface area contributed by atoms with E-state index in [2.05, 4.69) is 0 Å². The van der Waals surface area contributed by atoms with Gasteiger partial charge in [-0.3, -0.25) is 19.0 Å². The number of benzene rings is 3. The monoisotopic (exact) mass is 500 g/mol. The number of nitrogens with zero attached hydrogens (tertiary/aromatic N) is 2. The molecule has 0 saturated heterocycles. The number of fused-ring (bicyclic) bond motifs is 1. The van der Waals surface area contributed by atoms with Crippen molar-refractivity contribution in [2.75, 3.05) is 14.1 Å². The fraction of sp³-hybridized carbons (Fsp3) is 0.233. The number of carbonyl (C=O) groups is 2. The molecule has 0 atom stereocenters. The molecule has 6 heteroatoms. The number of aromatic nitrogens is 1. The van der Waals surface area contributed by atoms with Gasteiger partial charge in [0.15, 0.2) is 5.78 Å². The van der Waals surface area contributed by atoms with Gasteiger partial charge >= 0.3 is 0 Å². The van der Waals surface area contributed by atoms with Gasteiger partial charge in [0.2, 0.25) is 5.91 Å². The van der Waals surface area contributed by atoms with Crippen LogP contribution < -0.4 is 5.56 Å². The van der Waals surface area contributed by atoms with Crippen molar-refractivity contribution in [3.63, 3.8) is 0 Å². The number of ketones is 1. The van der Waals surface area contributed by atoms with Gasteiger partial charge in [-0.1, -0.05) is 73.1 Å². The van der Waals surface area contributed by atoms with Gasteiger partial charge in [-0.2, -0.15) is 0 Å². The van der Waals surface area contributed by atoms with Crippen molar-refractivity contribution >= 4 is 34.1 Å². The summed E-state index contributed by atoms with van der Waals surface area (Å²) in [5, 5.41) is 1.70. The van der Waals surface area contributed by atoms with Gasteiger partial charge < -0.3 is 4.90 Å². The molecule has 0 unspecified atom stereocenters. The second kappa shape index (κ2) is 10.9. The van der Waals surface area contributed by atoms with Crippen molar-refractivity contribution in [1.29, 1.82) is 0 Å². The summed E-state index contributed by atoms with van der Waals surface area (Å²) < 4.78 is 1.59. The quantitative estimate of drug-likeness (QED) is 0.279. The van der Waals surface area contributed by atoms with Crippen molar-refractivity contribution in [1.82, 2.24) is 9.47 Å². The van der Waals surface area contributed by atoms with E-state index in [0.717, 1.165) is 22.3 Å². The average molecular weight is 501 g/mol. The van der Waals surface area contributed by atoms with E-state index in [4.69, 9.17) is 11.6 Å². The third-order valence-electron chi connectivity index (χ3n) is 6.37. The molecule has 0 fully saturated rings.